The average molecular weight is 499 g/mol. The molecule has 6 nitrogen and oxygen atoms in total. The highest BCUT2D eigenvalue weighted by atomic mass is 35.5. The maximum Gasteiger partial charge on any atom is 0.335 e. The molecule has 1 N–H and O–H groups in total. The molecule has 3 rings (SSSR count). The first-order valence-electron chi connectivity index (χ1n) is 9.10. The van der Waals surface area contributed by atoms with E-state index >= 15 is 0 Å². The van der Waals surface area contributed by atoms with Crippen LogP contribution < -0.4 is 0 Å². The standard InChI is InChI=1S/C21H19ClO6S3/c1-3-13-4-5-14(21(23)24)11-19(13)31(27,28)12-15-10-16(30(2,25)26)6-7-17(15)18-8-9-20(22)29-18/h4-11H,3,12H2,1-2H3,(H,23,24). The number of aromatic carboxylic acids is 1. The van der Waals surface area contributed by atoms with Crippen LogP contribution >= 0.6 is 22.9 Å². The fourth-order valence-electron chi connectivity index (χ4n) is 3.17. The molecular weight excluding hydrogens is 480 g/mol. The minimum absolute atomic E-state index is 0.000829. The molecule has 1 heterocycles. The smallest absolute Gasteiger partial charge is 0.335 e. The fourth-order valence-corrected chi connectivity index (χ4v) is 6.67. The van der Waals surface area contributed by atoms with E-state index in [1.807, 2.05) is 0 Å². The number of thiophene rings is 1. The third-order valence-electron chi connectivity index (χ3n) is 4.72. The van der Waals surface area contributed by atoms with Crippen molar-refractivity contribution in [3.63, 3.8) is 0 Å². The van der Waals surface area contributed by atoms with Crippen LogP contribution in [-0.4, -0.2) is 34.2 Å². The summed E-state index contributed by atoms with van der Waals surface area (Å²) in [6.45, 7) is 1.78. The molecule has 0 fully saturated rings. The first kappa shape index (κ1) is 23.5. The van der Waals surface area contributed by atoms with Crippen molar-refractivity contribution in [2.45, 2.75) is 28.9 Å². The molecule has 2 aromatic carbocycles. The number of aryl methyl sites for hydroxylation is 1. The van der Waals surface area contributed by atoms with Crippen molar-refractivity contribution in [3.05, 3.63) is 69.6 Å². The summed E-state index contributed by atoms with van der Waals surface area (Å²) in [6, 6.07) is 11.8. The van der Waals surface area contributed by atoms with Gasteiger partial charge in [-0.05, 0) is 59.5 Å². The summed E-state index contributed by atoms with van der Waals surface area (Å²) in [5, 5.41) is 9.28. The van der Waals surface area contributed by atoms with Crippen molar-refractivity contribution < 1.29 is 26.7 Å². The molecule has 0 saturated heterocycles. The highest BCUT2D eigenvalue weighted by molar-refractivity contribution is 7.91. The third kappa shape index (κ3) is 5.17. The molecule has 0 aliphatic rings. The maximum atomic E-state index is 13.3. The van der Waals surface area contributed by atoms with Crippen LogP contribution in [0.2, 0.25) is 4.34 Å². The van der Waals surface area contributed by atoms with E-state index in [1.165, 1.54) is 35.6 Å². The van der Waals surface area contributed by atoms with Crippen molar-refractivity contribution in [2.24, 2.45) is 0 Å². The molecular formula is C21H19ClO6S3. The van der Waals surface area contributed by atoms with Crippen LogP contribution in [0.5, 0.6) is 0 Å². The second-order valence-electron chi connectivity index (χ2n) is 6.94. The predicted octanol–water partition coefficient (Wildman–Crippen LogP) is 4.71. The number of hydrogen-bond donors (Lipinski definition) is 1. The first-order chi connectivity index (χ1) is 14.4. The highest BCUT2D eigenvalue weighted by Crippen LogP contribution is 2.36. The number of rotatable bonds is 7. The van der Waals surface area contributed by atoms with Crippen LogP contribution in [0.25, 0.3) is 10.4 Å². The van der Waals surface area contributed by atoms with E-state index in [0.717, 1.165) is 12.3 Å². The number of hydrogen-bond acceptors (Lipinski definition) is 6. The highest BCUT2D eigenvalue weighted by Gasteiger charge is 2.24. The lowest BCUT2D eigenvalue weighted by Crippen LogP contribution is -2.11. The van der Waals surface area contributed by atoms with Gasteiger partial charge in [0, 0.05) is 11.1 Å². The molecule has 0 spiro atoms. The molecule has 0 bridgehead atoms. The van der Waals surface area contributed by atoms with E-state index in [9.17, 15) is 26.7 Å². The van der Waals surface area contributed by atoms with Gasteiger partial charge in [-0.1, -0.05) is 30.7 Å². The number of benzene rings is 2. The number of carboxylic acid groups (broad SMARTS) is 1. The zero-order valence-corrected chi connectivity index (χ0v) is 19.8. The van der Waals surface area contributed by atoms with Gasteiger partial charge in [-0.15, -0.1) is 11.3 Å². The van der Waals surface area contributed by atoms with E-state index in [0.29, 0.717) is 32.3 Å². The molecule has 0 unspecified atom stereocenters. The Morgan fingerprint density at radius 1 is 1.00 bits per heavy atom. The van der Waals surface area contributed by atoms with Crippen molar-refractivity contribution in [1.82, 2.24) is 0 Å². The number of halogens is 1. The maximum absolute atomic E-state index is 13.3. The summed E-state index contributed by atoms with van der Waals surface area (Å²) >= 11 is 7.28. The Bertz CT molecular complexity index is 1370. The Balaban J connectivity index is 2.18. The van der Waals surface area contributed by atoms with Crippen molar-refractivity contribution in [1.29, 1.82) is 0 Å². The van der Waals surface area contributed by atoms with E-state index in [2.05, 4.69) is 0 Å². The topological polar surface area (TPSA) is 106 Å². The molecule has 0 aliphatic carbocycles. The van der Waals surface area contributed by atoms with Gasteiger partial charge in [0.15, 0.2) is 19.7 Å². The van der Waals surface area contributed by atoms with Gasteiger partial charge < -0.3 is 5.11 Å². The summed E-state index contributed by atoms with van der Waals surface area (Å²) in [6.07, 6.45) is 1.44. The SMILES string of the molecule is CCc1ccc(C(=O)O)cc1S(=O)(=O)Cc1cc(S(C)(=O)=O)ccc1-c1ccc(Cl)s1. The zero-order chi connectivity index (χ0) is 23.0. The van der Waals surface area contributed by atoms with Gasteiger partial charge in [-0.2, -0.15) is 0 Å². The zero-order valence-electron chi connectivity index (χ0n) is 16.6. The van der Waals surface area contributed by atoms with E-state index in [-0.39, 0.29) is 15.4 Å². The molecule has 3 aromatic rings. The number of carboxylic acids is 1. The summed E-state index contributed by atoms with van der Waals surface area (Å²) in [5.74, 6) is -1.72. The normalized spacial score (nSPS) is 12.1. The summed E-state index contributed by atoms with van der Waals surface area (Å²) in [5.41, 5.74) is 1.21. The van der Waals surface area contributed by atoms with E-state index < -0.39 is 31.4 Å². The Labute approximate surface area is 190 Å². The second kappa shape index (κ2) is 8.74. The average Bonchev–Trinajstić information content (AvgIpc) is 3.12. The van der Waals surface area contributed by atoms with Gasteiger partial charge in [0.2, 0.25) is 0 Å². The lowest BCUT2D eigenvalue weighted by atomic mass is 10.1. The Hall–Kier alpha value is -2.20. The lowest BCUT2D eigenvalue weighted by molar-refractivity contribution is 0.0696. The van der Waals surface area contributed by atoms with Gasteiger partial charge >= 0.3 is 5.97 Å². The summed E-state index contributed by atoms with van der Waals surface area (Å²) in [4.78, 5) is 12.0. The number of sulfone groups is 2. The quantitative estimate of drug-likeness (QED) is 0.505. The molecule has 10 heteroatoms. The molecule has 0 radical (unpaired) electrons. The Kier molecular flexibility index (Phi) is 6.61. The first-order valence-corrected chi connectivity index (χ1v) is 13.8. The second-order valence-corrected chi connectivity index (χ2v) is 12.6. The largest absolute Gasteiger partial charge is 0.478 e. The Morgan fingerprint density at radius 3 is 2.26 bits per heavy atom. The summed E-state index contributed by atoms with van der Waals surface area (Å²) in [7, 11) is -7.55. The monoisotopic (exact) mass is 498 g/mol. The van der Waals surface area contributed by atoms with Gasteiger partial charge in [0.25, 0.3) is 0 Å². The Morgan fingerprint density at radius 2 is 1.71 bits per heavy atom. The van der Waals surface area contributed by atoms with Crippen LogP contribution in [0.1, 0.15) is 28.4 Å². The fraction of sp³-hybridized carbons (Fsp3) is 0.190. The van der Waals surface area contributed by atoms with Gasteiger partial charge in [0.1, 0.15) is 0 Å². The third-order valence-corrected chi connectivity index (χ3v) is 8.83. The molecule has 1 aromatic heterocycles. The lowest BCUT2D eigenvalue weighted by Gasteiger charge is -2.14. The van der Waals surface area contributed by atoms with Crippen LogP contribution in [0, 0.1) is 0 Å². The van der Waals surface area contributed by atoms with Crippen molar-refractivity contribution in [3.8, 4) is 10.4 Å². The van der Waals surface area contributed by atoms with Gasteiger partial charge in [-0.25, -0.2) is 21.6 Å². The van der Waals surface area contributed by atoms with Crippen molar-refractivity contribution >= 4 is 48.6 Å². The van der Waals surface area contributed by atoms with Crippen LogP contribution in [0.3, 0.4) is 0 Å². The molecule has 31 heavy (non-hydrogen) atoms. The van der Waals surface area contributed by atoms with E-state index in [1.54, 1.807) is 25.1 Å². The molecule has 0 saturated carbocycles. The number of carbonyl (C=O) groups is 1. The molecule has 0 atom stereocenters. The molecule has 164 valence electrons. The van der Waals surface area contributed by atoms with Crippen LogP contribution in [0.4, 0.5) is 0 Å². The van der Waals surface area contributed by atoms with E-state index in [4.69, 9.17) is 11.6 Å². The predicted molar refractivity (Wildman–Crippen MR) is 122 cm³/mol. The molecule has 0 amide bonds. The van der Waals surface area contributed by atoms with Crippen LogP contribution in [0.15, 0.2) is 58.3 Å². The van der Waals surface area contributed by atoms with Gasteiger partial charge in [0.05, 0.1) is 25.4 Å². The minimum atomic E-state index is -3.98. The minimum Gasteiger partial charge on any atom is -0.478 e. The molecule has 0 aliphatic heterocycles. The van der Waals surface area contributed by atoms with Crippen molar-refractivity contribution in [2.75, 3.05) is 6.26 Å². The van der Waals surface area contributed by atoms with Crippen LogP contribution in [-0.2, 0) is 31.8 Å². The van der Waals surface area contributed by atoms with Gasteiger partial charge in [-0.3, -0.25) is 0 Å². The summed E-state index contributed by atoms with van der Waals surface area (Å²) < 4.78 is 51.3.